The van der Waals surface area contributed by atoms with Gasteiger partial charge in [-0.1, -0.05) is 0 Å². The van der Waals surface area contributed by atoms with Gasteiger partial charge in [-0.25, -0.2) is 0 Å². The fraction of sp³-hybridized carbons (Fsp3) is 0.300. The van der Waals surface area contributed by atoms with Crippen LogP contribution in [-0.2, 0) is 45.1 Å². The minimum atomic E-state index is -0.0408. The number of benzene rings is 2. The van der Waals surface area contributed by atoms with Crippen LogP contribution < -0.4 is 0 Å². The summed E-state index contributed by atoms with van der Waals surface area (Å²) in [5.74, 6) is 0.0680. The average molecular weight is 358 g/mol. The largest absolute Gasteiger partial charge is 0.507 e. The number of carbonyl (C=O) groups excluding carboxylic acids is 2. The van der Waals surface area contributed by atoms with Gasteiger partial charge in [0.1, 0.15) is 24.1 Å². The van der Waals surface area contributed by atoms with Crippen LogP contribution in [0.1, 0.15) is 22.3 Å². The molecule has 0 saturated heterocycles. The van der Waals surface area contributed by atoms with E-state index in [-0.39, 0.29) is 37.6 Å². The molecule has 0 atom stereocenters. The predicted octanol–water partition coefficient (Wildman–Crippen LogP) is 2.54. The van der Waals surface area contributed by atoms with E-state index in [0.29, 0.717) is 34.8 Å². The Labute approximate surface area is 152 Å². The zero-order chi connectivity index (χ0) is 19.1. The topological polar surface area (TPSA) is 93.1 Å². The second-order valence-electron chi connectivity index (χ2n) is 5.89. The van der Waals surface area contributed by atoms with Crippen LogP contribution in [0, 0.1) is 0 Å². The van der Waals surface area contributed by atoms with E-state index in [1.165, 1.54) is 14.2 Å². The van der Waals surface area contributed by atoms with Gasteiger partial charge in [-0.2, -0.15) is 0 Å². The monoisotopic (exact) mass is 358 g/mol. The molecule has 0 aliphatic carbocycles. The van der Waals surface area contributed by atoms with Crippen LogP contribution in [0.5, 0.6) is 11.5 Å². The van der Waals surface area contributed by atoms with E-state index in [2.05, 4.69) is 0 Å². The van der Waals surface area contributed by atoms with Crippen molar-refractivity contribution in [1.82, 2.24) is 0 Å². The first-order valence-corrected chi connectivity index (χ1v) is 8.10. The third-order valence-corrected chi connectivity index (χ3v) is 4.08. The SMILES string of the molecule is COCc1cc(-c2cc(CC=O)c(O)c(CC=O)c2)cc(COC)c1O. The first kappa shape index (κ1) is 19.6. The number of phenols is 2. The molecule has 0 unspecified atom stereocenters. The molecule has 0 heterocycles. The third-order valence-electron chi connectivity index (χ3n) is 4.08. The highest BCUT2D eigenvalue weighted by Gasteiger charge is 2.15. The number of methoxy groups -OCH3 is 2. The molecule has 2 aromatic carbocycles. The van der Waals surface area contributed by atoms with Crippen LogP contribution >= 0.6 is 0 Å². The Hall–Kier alpha value is -2.70. The van der Waals surface area contributed by atoms with E-state index in [0.717, 1.165) is 11.1 Å². The van der Waals surface area contributed by atoms with Crippen LogP contribution in [0.15, 0.2) is 24.3 Å². The maximum absolute atomic E-state index is 10.9. The number of hydrogen-bond donors (Lipinski definition) is 2. The minimum Gasteiger partial charge on any atom is -0.507 e. The summed E-state index contributed by atoms with van der Waals surface area (Å²) in [6.45, 7) is 0.438. The maximum Gasteiger partial charge on any atom is 0.126 e. The number of rotatable bonds is 9. The summed E-state index contributed by atoms with van der Waals surface area (Å²) in [6, 6.07) is 6.97. The first-order chi connectivity index (χ1) is 12.5. The molecule has 0 bridgehead atoms. The van der Waals surface area contributed by atoms with Crippen LogP contribution in [0.2, 0.25) is 0 Å². The Kier molecular flexibility index (Phi) is 6.89. The Bertz CT molecular complexity index is 739. The van der Waals surface area contributed by atoms with Gasteiger partial charge in [0, 0.05) is 49.3 Å². The van der Waals surface area contributed by atoms with Gasteiger partial charge in [0.15, 0.2) is 0 Å². The number of aldehydes is 2. The van der Waals surface area contributed by atoms with Gasteiger partial charge < -0.3 is 29.3 Å². The Morgan fingerprint density at radius 3 is 1.42 bits per heavy atom. The second kappa shape index (κ2) is 9.12. The molecule has 0 fully saturated rings. The maximum atomic E-state index is 10.9. The lowest BCUT2D eigenvalue weighted by molar-refractivity contribution is -0.108. The quantitative estimate of drug-likeness (QED) is 0.669. The summed E-state index contributed by atoms with van der Waals surface area (Å²) in [5.41, 5.74) is 3.58. The zero-order valence-electron chi connectivity index (χ0n) is 14.8. The first-order valence-electron chi connectivity index (χ1n) is 8.10. The van der Waals surface area contributed by atoms with E-state index in [4.69, 9.17) is 9.47 Å². The highest BCUT2D eigenvalue weighted by atomic mass is 16.5. The van der Waals surface area contributed by atoms with Gasteiger partial charge in [-0.3, -0.25) is 0 Å². The molecule has 26 heavy (non-hydrogen) atoms. The standard InChI is InChI=1S/C20H22O6/c1-25-11-17-9-16(10-18(12-26-2)20(17)24)15-7-13(3-5-21)19(23)14(8-15)4-6-22/h5-10,23-24H,3-4,11-12H2,1-2H3. The number of hydrogen-bond acceptors (Lipinski definition) is 6. The molecule has 2 aromatic rings. The summed E-state index contributed by atoms with van der Waals surface area (Å²) >= 11 is 0. The Morgan fingerprint density at radius 2 is 1.08 bits per heavy atom. The van der Waals surface area contributed by atoms with Crippen molar-refractivity contribution < 1.29 is 29.3 Å². The summed E-state index contributed by atoms with van der Waals surface area (Å²) < 4.78 is 10.3. The third kappa shape index (κ3) is 4.28. The molecule has 6 nitrogen and oxygen atoms in total. The van der Waals surface area contributed by atoms with Gasteiger partial charge in [-0.05, 0) is 35.4 Å². The Morgan fingerprint density at radius 1 is 0.731 bits per heavy atom. The molecule has 0 aliphatic rings. The molecule has 138 valence electrons. The van der Waals surface area contributed by atoms with Crippen molar-refractivity contribution in [2.45, 2.75) is 26.1 Å². The highest BCUT2D eigenvalue weighted by molar-refractivity contribution is 5.73. The van der Waals surface area contributed by atoms with Crippen LogP contribution in [0.4, 0.5) is 0 Å². The van der Waals surface area contributed by atoms with Crippen LogP contribution in [0.3, 0.4) is 0 Å². The van der Waals surface area contributed by atoms with Crippen molar-refractivity contribution >= 4 is 12.6 Å². The van der Waals surface area contributed by atoms with Crippen molar-refractivity contribution in [3.05, 3.63) is 46.5 Å². The second-order valence-corrected chi connectivity index (χ2v) is 5.89. The van der Waals surface area contributed by atoms with E-state index >= 15 is 0 Å². The molecule has 0 amide bonds. The molecule has 0 radical (unpaired) electrons. The lowest BCUT2D eigenvalue weighted by atomic mass is 9.93. The molecule has 0 spiro atoms. The summed E-state index contributed by atoms with van der Waals surface area (Å²) in [4.78, 5) is 21.8. The van der Waals surface area contributed by atoms with E-state index in [1.54, 1.807) is 24.3 Å². The highest BCUT2D eigenvalue weighted by Crippen LogP contribution is 2.35. The van der Waals surface area contributed by atoms with Crippen molar-refractivity contribution in [2.75, 3.05) is 14.2 Å². The molecule has 0 saturated carbocycles. The molecular formula is C20H22O6. The van der Waals surface area contributed by atoms with Gasteiger partial charge in [-0.15, -0.1) is 0 Å². The minimum absolute atomic E-state index is 0.0408. The number of carbonyl (C=O) groups is 2. The molecular weight excluding hydrogens is 336 g/mol. The van der Waals surface area contributed by atoms with Crippen LogP contribution in [0.25, 0.3) is 11.1 Å². The molecule has 0 aromatic heterocycles. The summed E-state index contributed by atoms with van der Waals surface area (Å²) in [7, 11) is 3.07. The van der Waals surface area contributed by atoms with Crippen LogP contribution in [-0.4, -0.2) is 37.0 Å². The van der Waals surface area contributed by atoms with Gasteiger partial charge in [0.05, 0.1) is 13.2 Å². The van der Waals surface area contributed by atoms with Gasteiger partial charge >= 0.3 is 0 Å². The smallest absolute Gasteiger partial charge is 0.126 e. The Balaban J connectivity index is 2.65. The number of aromatic hydroxyl groups is 2. The number of phenolic OH excluding ortho intramolecular Hbond substituents is 2. The van der Waals surface area contributed by atoms with Crippen molar-refractivity contribution in [3.8, 4) is 22.6 Å². The van der Waals surface area contributed by atoms with Gasteiger partial charge in [0.25, 0.3) is 0 Å². The summed E-state index contributed by atoms with van der Waals surface area (Å²) in [5, 5.41) is 20.6. The summed E-state index contributed by atoms with van der Waals surface area (Å²) in [6.07, 6.45) is 1.49. The normalized spacial score (nSPS) is 10.7. The van der Waals surface area contributed by atoms with Crippen molar-refractivity contribution in [3.63, 3.8) is 0 Å². The van der Waals surface area contributed by atoms with E-state index < -0.39 is 0 Å². The van der Waals surface area contributed by atoms with E-state index in [1.807, 2.05) is 0 Å². The molecule has 0 aliphatic heterocycles. The number of ether oxygens (including phenoxy) is 2. The van der Waals surface area contributed by atoms with Gasteiger partial charge in [0.2, 0.25) is 0 Å². The molecule has 2 N–H and O–H groups in total. The average Bonchev–Trinajstić information content (AvgIpc) is 2.62. The fourth-order valence-corrected chi connectivity index (χ4v) is 2.88. The van der Waals surface area contributed by atoms with E-state index in [9.17, 15) is 19.8 Å². The van der Waals surface area contributed by atoms with Crippen molar-refractivity contribution in [1.29, 1.82) is 0 Å². The molecule has 2 rings (SSSR count). The van der Waals surface area contributed by atoms with Crippen molar-refractivity contribution in [2.24, 2.45) is 0 Å². The lowest BCUT2D eigenvalue weighted by Crippen LogP contribution is -1.99. The zero-order valence-corrected chi connectivity index (χ0v) is 14.8. The fourth-order valence-electron chi connectivity index (χ4n) is 2.88. The lowest BCUT2D eigenvalue weighted by Gasteiger charge is -2.15. The molecule has 6 heteroatoms. The predicted molar refractivity (Wildman–Crippen MR) is 96.2 cm³/mol.